The molecule has 1 atom stereocenters. The molecule has 0 N–H and O–H groups in total. The van der Waals surface area contributed by atoms with Gasteiger partial charge in [-0.2, -0.15) is 0 Å². The Kier molecular flexibility index (Phi) is 3.48. The minimum absolute atomic E-state index is 0.254. The number of hydrogen-bond acceptors (Lipinski definition) is 0. The topological polar surface area (TPSA) is 0 Å². The quantitative estimate of drug-likeness (QED) is 0.486. The molecule has 1 unspecified atom stereocenters. The number of alkyl halides is 1. The number of hydrogen-bond donors (Lipinski definition) is 0. The van der Waals surface area contributed by atoms with Gasteiger partial charge in [0.25, 0.3) is 0 Å². The lowest BCUT2D eigenvalue weighted by molar-refractivity contribution is 0.801. The standard InChI is InChI=1S/C16H19I/c1-11-5-12(2)7-14(6-11)15-8-13(3)9-16(4,17)10-15/h5-8,10H,9H2,1-4H3. The van der Waals surface area contributed by atoms with Crippen molar-refractivity contribution in [2.24, 2.45) is 0 Å². The van der Waals surface area contributed by atoms with Crippen molar-refractivity contribution in [3.05, 3.63) is 52.6 Å². The summed E-state index contributed by atoms with van der Waals surface area (Å²) in [6.07, 6.45) is 5.88. The zero-order valence-electron chi connectivity index (χ0n) is 11.0. The average Bonchev–Trinajstić information content (AvgIpc) is 2.12. The highest BCUT2D eigenvalue weighted by atomic mass is 127. The smallest absolute Gasteiger partial charge is 0.0418 e. The molecule has 0 nitrogen and oxygen atoms in total. The predicted molar refractivity (Wildman–Crippen MR) is 84.7 cm³/mol. The highest BCUT2D eigenvalue weighted by Crippen LogP contribution is 2.37. The monoisotopic (exact) mass is 338 g/mol. The van der Waals surface area contributed by atoms with E-state index in [2.05, 4.69) is 80.6 Å². The lowest BCUT2D eigenvalue weighted by Crippen LogP contribution is -2.15. The van der Waals surface area contributed by atoms with E-state index >= 15 is 0 Å². The molecule has 17 heavy (non-hydrogen) atoms. The molecule has 0 radical (unpaired) electrons. The third kappa shape index (κ3) is 3.21. The molecular weight excluding hydrogens is 319 g/mol. The van der Waals surface area contributed by atoms with Crippen molar-refractivity contribution in [2.75, 3.05) is 0 Å². The van der Waals surface area contributed by atoms with Crippen LogP contribution in [-0.2, 0) is 0 Å². The Labute approximate surface area is 118 Å². The molecule has 0 saturated carbocycles. The molecule has 0 bridgehead atoms. The fraction of sp³-hybridized carbons (Fsp3) is 0.375. The van der Waals surface area contributed by atoms with Gasteiger partial charge in [-0.25, -0.2) is 0 Å². The van der Waals surface area contributed by atoms with Gasteiger partial charge in [-0.05, 0) is 45.3 Å². The maximum Gasteiger partial charge on any atom is 0.0418 e. The highest BCUT2D eigenvalue weighted by molar-refractivity contribution is 14.1. The maximum atomic E-state index is 2.55. The molecule has 1 aliphatic rings. The number of allylic oxidation sites excluding steroid dienone is 4. The molecule has 0 amide bonds. The van der Waals surface area contributed by atoms with Gasteiger partial charge >= 0.3 is 0 Å². The van der Waals surface area contributed by atoms with Gasteiger partial charge in [0.1, 0.15) is 0 Å². The summed E-state index contributed by atoms with van der Waals surface area (Å²) in [7, 11) is 0. The van der Waals surface area contributed by atoms with Gasteiger partial charge in [0.2, 0.25) is 0 Å². The van der Waals surface area contributed by atoms with E-state index in [4.69, 9.17) is 0 Å². The molecule has 2 rings (SSSR count). The maximum absolute atomic E-state index is 2.55. The first-order valence-electron chi connectivity index (χ1n) is 6.03. The Morgan fingerprint density at radius 3 is 2.18 bits per heavy atom. The van der Waals surface area contributed by atoms with Crippen LogP contribution in [0, 0.1) is 13.8 Å². The molecule has 1 heteroatoms. The fourth-order valence-electron chi connectivity index (χ4n) is 2.59. The molecule has 0 aromatic heterocycles. The van der Waals surface area contributed by atoms with Crippen LogP contribution >= 0.6 is 22.6 Å². The van der Waals surface area contributed by atoms with E-state index in [9.17, 15) is 0 Å². The third-order valence-corrected chi connectivity index (χ3v) is 3.73. The number of rotatable bonds is 1. The Bertz CT molecular complexity index is 484. The van der Waals surface area contributed by atoms with Crippen molar-refractivity contribution >= 4 is 28.2 Å². The third-order valence-electron chi connectivity index (χ3n) is 3.04. The van der Waals surface area contributed by atoms with E-state index in [0.29, 0.717) is 0 Å². The van der Waals surface area contributed by atoms with Crippen molar-refractivity contribution < 1.29 is 0 Å². The van der Waals surface area contributed by atoms with Crippen molar-refractivity contribution in [2.45, 2.75) is 37.5 Å². The molecule has 1 aromatic rings. The van der Waals surface area contributed by atoms with Crippen LogP contribution in [0.4, 0.5) is 0 Å². The summed E-state index contributed by atoms with van der Waals surface area (Å²) in [6, 6.07) is 6.79. The van der Waals surface area contributed by atoms with E-state index < -0.39 is 0 Å². The van der Waals surface area contributed by atoms with E-state index in [1.165, 1.54) is 27.8 Å². The Hall–Kier alpha value is -0.570. The van der Waals surface area contributed by atoms with Crippen LogP contribution in [0.1, 0.15) is 37.0 Å². The van der Waals surface area contributed by atoms with Crippen LogP contribution in [0.15, 0.2) is 35.9 Å². The lowest BCUT2D eigenvalue weighted by Gasteiger charge is -2.25. The van der Waals surface area contributed by atoms with Gasteiger partial charge in [-0.1, -0.05) is 69.6 Å². The first-order valence-corrected chi connectivity index (χ1v) is 7.11. The molecule has 1 aliphatic carbocycles. The Balaban J connectivity index is 2.49. The second-order valence-electron chi connectivity index (χ2n) is 5.42. The summed E-state index contributed by atoms with van der Waals surface area (Å²) >= 11 is 2.55. The van der Waals surface area contributed by atoms with Gasteiger partial charge in [0.05, 0.1) is 0 Å². The molecule has 0 aliphatic heterocycles. The number of benzene rings is 1. The molecular formula is C16H19I. The van der Waals surface area contributed by atoms with Crippen molar-refractivity contribution in [3.63, 3.8) is 0 Å². The SMILES string of the molecule is CC1=CC(c2cc(C)cc(C)c2)=CC(C)(I)C1. The van der Waals surface area contributed by atoms with Crippen molar-refractivity contribution in [3.8, 4) is 0 Å². The zero-order valence-corrected chi connectivity index (χ0v) is 13.1. The normalized spacial score (nSPS) is 24.3. The van der Waals surface area contributed by atoms with Crippen LogP contribution < -0.4 is 0 Å². The second kappa shape index (κ2) is 4.60. The predicted octanol–water partition coefficient (Wildman–Crippen LogP) is 5.23. The van der Waals surface area contributed by atoms with E-state index in [1.807, 2.05) is 0 Å². The zero-order chi connectivity index (χ0) is 12.6. The lowest BCUT2D eigenvalue weighted by atomic mass is 9.88. The van der Waals surface area contributed by atoms with Gasteiger partial charge in [-0.3, -0.25) is 0 Å². The van der Waals surface area contributed by atoms with Crippen LogP contribution in [-0.4, -0.2) is 3.42 Å². The van der Waals surface area contributed by atoms with Crippen LogP contribution in [0.2, 0.25) is 0 Å². The van der Waals surface area contributed by atoms with E-state index in [1.54, 1.807) is 0 Å². The molecule has 0 spiro atoms. The summed E-state index contributed by atoms with van der Waals surface area (Å²) in [5, 5.41) is 0. The minimum Gasteiger partial charge on any atom is -0.0742 e. The largest absolute Gasteiger partial charge is 0.0742 e. The van der Waals surface area contributed by atoms with Crippen molar-refractivity contribution in [1.29, 1.82) is 0 Å². The van der Waals surface area contributed by atoms with Crippen LogP contribution in [0.25, 0.3) is 5.57 Å². The molecule has 1 aromatic carbocycles. The molecule has 90 valence electrons. The summed E-state index contributed by atoms with van der Waals surface area (Å²) in [4.78, 5) is 0. The Morgan fingerprint density at radius 1 is 1.06 bits per heavy atom. The van der Waals surface area contributed by atoms with Gasteiger partial charge in [0.15, 0.2) is 0 Å². The first kappa shape index (κ1) is 12.9. The van der Waals surface area contributed by atoms with Gasteiger partial charge in [0, 0.05) is 3.42 Å². The van der Waals surface area contributed by atoms with E-state index in [0.717, 1.165) is 6.42 Å². The number of halogens is 1. The summed E-state index contributed by atoms with van der Waals surface area (Å²) in [5.41, 5.74) is 6.88. The Morgan fingerprint density at radius 2 is 1.65 bits per heavy atom. The fourth-order valence-corrected chi connectivity index (χ4v) is 3.52. The summed E-state index contributed by atoms with van der Waals surface area (Å²) < 4.78 is 0.254. The first-order chi connectivity index (χ1) is 7.85. The van der Waals surface area contributed by atoms with Gasteiger partial charge < -0.3 is 0 Å². The summed E-state index contributed by atoms with van der Waals surface area (Å²) in [6.45, 7) is 8.86. The van der Waals surface area contributed by atoms with Crippen LogP contribution in [0.5, 0.6) is 0 Å². The minimum atomic E-state index is 0.254. The van der Waals surface area contributed by atoms with Gasteiger partial charge in [-0.15, -0.1) is 0 Å². The highest BCUT2D eigenvalue weighted by Gasteiger charge is 2.22. The second-order valence-corrected chi connectivity index (χ2v) is 7.89. The van der Waals surface area contributed by atoms with Crippen LogP contribution in [0.3, 0.4) is 0 Å². The average molecular weight is 338 g/mol. The van der Waals surface area contributed by atoms with Crippen molar-refractivity contribution in [1.82, 2.24) is 0 Å². The molecule has 0 saturated heterocycles. The molecule has 0 heterocycles. The van der Waals surface area contributed by atoms with E-state index in [-0.39, 0.29) is 3.42 Å². The molecule has 0 fully saturated rings. The number of aryl methyl sites for hydroxylation is 2. The summed E-state index contributed by atoms with van der Waals surface area (Å²) in [5.74, 6) is 0.